The van der Waals surface area contributed by atoms with Crippen LogP contribution in [0.4, 0.5) is 5.82 Å². The van der Waals surface area contributed by atoms with Gasteiger partial charge in [0.1, 0.15) is 5.82 Å². The van der Waals surface area contributed by atoms with Crippen LogP contribution in [-0.4, -0.2) is 50.2 Å². The highest BCUT2D eigenvalue weighted by Crippen LogP contribution is 2.28. The molecule has 1 saturated heterocycles. The van der Waals surface area contributed by atoms with Gasteiger partial charge in [-0.2, -0.15) is 9.61 Å². The number of nitrogens with zero attached hydrogens (tertiary/aromatic N) is 4. The third-order valence-electron chi connectivity index (χ3n) is 6.67. The number of rotatable bonds is 7. The second-order valence-corrected chi connectivity index (χ2v) is 10.0. The van der Waals surface area contributed by atoms with Crippen LogP contribution in [0.3, 0.4) is 0 Å². The summed E-state index contributed by atoms with van der Waals surface area (Å²) in [5.74, 6) is 0.490. The number of halogens is 1. The SMILES string of the molecule is Cc1ccccc1-c1cc(NCC2CCCN(Cc3ccccc3C(=O)O)C2)n2ncc(Br)c2n1. The van der Waals surface area contributed by atoms with Gasteiger partial charge in [0.2, 0.25) is 0 Å². The van der Waals surface area contributed by atoms with E-state index in [0.29, 0.717) is 18.0 Å². The van der Waals surface area contributed by atoms with Crippen LogP contribution in [0.25, 0.3) is 16.9 Å². The first-order valence-corrected chi connectivity index (χ1v) is 12.7. The van der Waals surface area contributed by atoms with E-state index < -0.39 is 5.97 Å². The summed E-state index contributed by atoms with van der Waals surface area (Å²) in [6.45, 7) is 5.46. The van der Waals surface area contributed by atoms with E-state index in [1.165, 1.54) is 5.56 Å². The van der Waals surface area contributed by atoms with Crippen molar-refractivity contribution >= 4 is 33.4 Å². The lowest BCUT2D eigenvalue weighted by Crippen LogP contribution is -2.38. The average molecular weight is 534 g/mol. The zero-order chi connectivity index (χ0) is 24.4. The zero-order valence-corrected chi connectivity index (χ0v) is 21.2. The van der Waals surface area contributed by atoms with Gasteiger partial charge in [-0.3, -0.25) is 4.90 Å². The van der Waals surface area contributed by atoms with Crippen molar-refractivity contribution in [2.24, 2.45) is 5.92 Å². The fourth-order valence-electron chi connectivity index (χ4n) is 4.88. The number of likely N-dealkylation sites (tertiary alicyclic amines) is 1. The molecule has 2 aromatic carbocycles. The second kappa shape index (κ2) is 10.2. The van der Waals surface area contributed by atoms with Crippen molar-refractivity contribution in [3.8, 4) is 11.3 Å². The van der Waals surface area contributed by atoms with Crippen molar-refractivity contribution in [3.05, 3.63) is 82.0 Å². The first kappa shape index (κ1) is 23.5. The highest BCUT2D eigenvalue weighted by atomic mass is 79.9. The number of carbonyl (C=O) groups is 1. The third kappa shape index (κ3) is 5.09. The van der Waals surface area contributed by atoms with E-state index in [2.05, 4.69) is 56.4 Å². The van der Waals surface area contributed by atoms with Crippen molar-refractivity contribution in [1.82, 2.24) is 19.5 Å². The summed E-state index contributed by atoms with van der Waals surface area (Å²) in [6.07, 6.45) is 4.00. The predicted octanol–water partition coefficient (Wildman–Crippen LogP) is 5.49. The Morgan fingerprint density at radius 3 is 2.83 bits per heavy atom. The second-order valence-electron chi connectivity index (χ2n) is 9.16. The molecule has 0 saturated carbocycles. The zero-order valence-electron chi connectivity index (χ0n) is 19.6. The molecule has 8 heteroatoms. The lowest BCUT2D eigenvalue weighted by molar-refractivity contribution is 0.0693. The van der Waals surface area contributed by atoms with Crippen molar-refractivity contribution < 1.29 is 9.90 Å². The van der Waals surface area contributed by atoms with Crippen LogP contribution < -0.4 is 5.32 Å². The minimum absolute atomic E-state index is 0.389. The number of aromatic nitrogens is 3. The fourth-order valence-corrected chi connectivity index (χ4v) is 5.23. The molecule has 5 rings (SSSR count). The molecule has 0 aliphatic carbocycles. The first-order valence-electron chi connectivity index (χ1n) is 11.9. The molecule has 0 spiro atoms. The quantitative estimate of drug-likeness (QED) is 0.326. The van der Waals surface area contributed by atoms with Gasteiger partial charge in [0.05, 0.1) is 21.9 Å². The molecule has 2 aromatic heterocycles. The summed E-state index contributed by atoms with van der Waals surface area (Å²) >= 11 is 3.59. The van der Waals surface area contributed by atoms with Gasteiger partial charge < -0.3 is 10.4 Å². The highest BCUT2D eigenvalue weighted by Gasteiger charge is 2.22. The lowest BCUT2D eigenvalue weighted by atomic mass is 9.97. The van der Waals surface area contributed by atoms with Crippen LogP contribution >= 0.6 is 15.9 Å². The maximum absolute atomic E-state index is 11.6. The molecule has 1 aliphatic rings. The summed E-state index contributed by atoms with van der Waals surface area (Å²) in [4.78, 5) is 18.8. The largest absolute Gasteiger partial charge is 0.478 e. The Bertz CT molecular complexity index is 1370. The van der Waals surface area contributed by atoms with Gasteiger partial charge in [-0.15, -0.1) is 0 Å². The van der Waals surface area contributed by atoms with Crippen molar-refractivity contribution in [3.63, 3.8) is 0 Å². The number of anilines is 1. The van der Waals surface area contributed by atoms with Crippen LogP contribution in [0.2, 0.25) is 0 Å². The van der Waals surface area contributed by atoms with Crippen LogP contribution in [0, 0.1) is 12.8 Å². The monoisotopic (exact) mass is 533 g/mol. The molecule has 1 atom stereocenters. The van der Waals surface area contributed by atoms with E-state index in [9.17, 15) is 9.90 Å². The Morgan fingerprint density at radius 2 is 2.00 bits per heavy atom. The van der Waals surface area contributed by atoms with Crippen molar-refractivity contribution in [1.29, 1.82) is 0 Å². The molecule has 2 N–H and O–H groups in total. The molecular formula is C27H28BrN5O2. The van der Waals surface area contributed by atoms with Gasteiger partial charge in [-0.25, -0.2) is 9.78 Å². The lowest BCUT2D eigenvalue weighted by Gasteiger charge is -2.33. The highest BCUT2D eigenvalue weighted by molar-refractivity contribution is 9.10. The van der Waals surface area contributed by atoms with E-state index >= 15 is 0 Å². The molecule has 35 heavy (non-hydrogen) atoms. The number of carboxylic acid groups (broad SMARTS) is 1. The normalized spacial score (nSPS) is 16.5. The number of aryl methyl sites for hydroxylation is 1. The maximum Gasteiger partial charge on any atom is 0.336 e. The van der Waals surface area contributed by atoms with E-state index in [4.69, 9.17) is 4.98 Å². The van der Waals surface area contributed by atoms with E-state index in [1.54, 1.807) is 18.3 Å². The number of carboxylic acids is 1. The molecule has 0 bridgehead atoms. The van der Waals surface area contributed by atoms with Gasteiger partial charge in [0.15, 0.2) is 5.65 Å². The average Bonchev–Trinajstić information content (AvgIpc) is 3.24. The van der Waals surface area contributed by atoms with E-state index in [1.807, 2.05) is 28.8 Å². The molecule has 1 fully saturated rings. The van der Waals surface area contributed by atoms with E-state index in [0.717, 1.165) is 65.2 Å². The van der Waals surface area contributed by atoms with Crippen molar-refractivity contribution in [2.45, 2.75) is 26.3 Å². The number of hydrogen-bond acceptors (Lipinski definition) is 5. The Kier molecular flexibility index (Phi) is 6.83. The maximum atomic E-state index is 11.6. The Hall–Kier alpha value is -3.23. The summed E-state index contributed by atoms with van der Waals surface area (Å²) < 4.78 is 2.70. The number of nitrogens with one attached hydrogen (secondary N) is 1. The number of fused-ring (bicyclic) bond motifs is 1. The number of piperidine rings is 1. The van der Waals surface area contributed by atoms with Crippen LogP contribution in [-0.2, 0) is 6.54 Å². The van der Waals surface area contributed by atoms with Gasteiger partial charge in [0, 0.05) is 31.3 Å². The van der Waals surface area contributed by atoms with Crippen molar-refractivity contribution in [2.75, 3.05) is 25.0 Å². The van der Waals surface area contributed by atoms with Gasteiger partial charge >= 0.3 is 5.97 Å². The Morgan fingerprint density at radius 1 is 1.20 bits per heavy atom. The van der Waals surface area contributed by atoms with Crippen LogP contribution in [0.5, 0.6) is 0 Å². The minimum Gasteiger partial charge on any atom is -0.478 e. The molecule has 0 radical (unpaired) electrons. The molecule has 0 amide bonds. The summed E-state index contributed by atoms with van der Waals surface area (Å²) in [6, 6.07) is 17.6. The fraction of sp³-hybridized carbons (Fsp3) is 0.296. The third-order valence-corrected chi connectivity index (χ3v) is 7.23. The number of benzene rings is 2. The minimum atomic E-state index is -0.868. The molecule has 7 nitrogen and oxygen atoms in total. The summed E-state index contributed by atoms with van der Waals surface area (Å²) in [5.41, 5.74) is 5.23. The topological polar surface area (TPSA) is 82.8 Å². The van der Waals surface area contributed by atoms with Crippen LogP contribution in [0.1, 0.15) is 34.3 Å². The molecular weight excluding hydrogens is 506 g/mol. The molecule has 1 unspecified atom stereocenters. The molecule has 4 aromatic rings. The smallest absolute Gasteiger partial charge is 0.336 e. The first-order chi connectivity index (χ1) is 17.0. The molecule has 1 aliphatic heterocycles. The standard InChI is InChI=1S/C27H28BrN5O2/c1-18-7-2-4-10-21(18)24-13-25(33-26(31-24)23(28)15-30-33)29-14-19-8-6-12-32(16-19)17-20-9-3-5-11-22(20)27(34)35/h2-5,7,9-11,13,15,19,29H,6,8,12,14,16-17H2,1H3,(H,34,35). The van der Waals surface area contributed by atoms with Gasteiger partial charge in [0.25, 0.3) is 0 Å². The number of aromatic carboxylic acids is 1. The summed E-state index contributed by atoms with van der Waals surface area (Å²) in [7, 11) is 0. The van der Waals surface area contributed by atoms with Gasteiger partial charge in [-0.1, -0.05) is 42.5 Å². The Balaban J connectivity index is 1.33. The van der Waals surface area contributed by atoms with Gasteiger partial charge in [-0.05, 0) is 65.4 Å². The summed E-state index contributed by atoms with van der Waals surface area (Å²) in [5, 5.41) is 17.7. The van der Waals surface area contributed by atoms with Crippen LogP contribution in [0.15, 0.2) is 65.3 Å². The molecule has 180 valence electrons. The van der Waals surface area contributed by atoms with E-state index in [-0.39, 0.29) is 0 Å². The number of hydrogen-bond donors (Lipinski definition) is 2. The predicted molar refractivity (Wildman–Crippen MR) is 141 cm³/mol. The Labute approximate surface area is 212 Å². The molecule has 3 heterocycles.